The molecule has 0 fully saturated rings. The van der Waals surface area contributed by atoms with Crippen molar-refractivity contribution in [1.29, 1.82) is 0 Å². The number of nitrogens with one attached hydrogen (secondary N) is 1. The molecule has 0 radical (unpaired) electrons. The molecule has 0 aliphatic heterocycles. The van der Waals surface area contributed by atoms with Crippen molar-refractivity contribution >= 4 is 11.6 Å². The van der Waals surface area contributed by atoms with Crippen LogP contribution in [0.15, 0.2) is 28.8 Å². The van der Waals surface area contributed by atoms with Crippen molar-refractivity contribution in [3.63, 3.8) is 0 Å². The van der Waals surface area contributed by atoms with E-state index in [4.69, 9.17) is 16.0 Å². The molecule has 0 saturated carbocycles. The Hall–Kier alpha value is -1.32. The van der Waals surface area contributed by atoms with Crippen molar-refractivity contribution < 1.29 is 4.42 Å². The standard InChI is InChI=1S/C13H15ClN2O/c1-3-15-8-13-16-7-12(17-13)10-4-5-11(14)9(2)6-10/h4-7,15H,3,8H2,1-2H3. The molecule has 17 heavy (non-hydrogen) atoms. The Labute approximate surface area is 106 Å². The predicted molar refractivity (Wildman–Crippen MR) is 69.1 cm³/mol. The van der Waals surface area contributed by atoms with E-state index in [9.17, 15) is 0 Å². The van der Waals surface area contributed by atoms with Gasteiger partial charge in [0.05, 0.1) is 12.7 Å². The molecule has 0 aliphatic carbocycles. The van der Waals surface area contributed by atoms with Crippen LogP contribution in [-0.4, -0.2) is 11.5 Å². The van der Waals surface area contributed by atoms with Crippen molar-refractivity contribution in [3.05, 3.63) is 40.9 Å². The number of aromatic nitrogens is 1. The molecule has 0 atom stereocenters. The van der Waals surface area contributed by atoms with Gasteiger partial charge in [0.25, 0.3) is 0 Å². The fraction of sp³-hybridized carbons (Fsp3) is 0.308. The number of oxazole rings is 1. The molecule has 2 rings (SSSR count). The summed E-state index contributed by atoms with van der Waals surface area (Å²) in [7, 11) is 0. The Balaban J connectivity index is 2.21. The predicted octanol–water partition coefficient (Wildman–Crippen LogP) is 3.41. The van der Waals surface area contributed by atoms with Crippen LogP contribution in [0.5, 0.6) is 0 Å². The highest BCUT2D eigenvalue weighted by molar-refractivity contribution is 6.31. The lowest BCUT2D eigenvalue weighted by molar-refractivity contribution is 0.482. The molecule has 1 heterocycles. The molecular formula is C13H15ClN2O. The van der Waals surface area contributed by atoms with E-state index >= 15 is 0 Å². The van der Waals surface area contributed by atoms with Gasteiger partial charge in [-0.3, -0.25) is 0 Å². The number of aryl methyl sites for hydroxylation is 1. The van der Waals surface area contributed by atoms with E-state index in [1.807, 2.05) is 32.0 Å². The minimum Gasteiger partial charge on any atom is -0.439 e. The zero-order chi connectivity index (χ0) is 12.3. The molecular weight excluding hydrogens is 236 g/mol. The van der Waals surface area contributed by atoms with Gasteiger partial charge < -0.3 is 9.73 Å². The minimum absolute atomic E-state index is 0.656. The Bertz CT molecular complexity index is 508. The third kappa shape index (κ3) is 2.87. The fourth-order valence-electron chi connectivity index (χ4n) is 1.56. The van der Waals surface area contributed by atoms with Crippen LogP contribution >= 0.6 is 11.6 Å². The summed E-state index contributed by atoms with van der Waals surface area (Å²) in [6.45, 7) is 5.58. The molecule has 0 aliphatic rings. The maximum absolute atomic E-state index is 5.99. The van der Waals surface area contributed by atoms with Crippen molar-refractivity contribution in [2.75, 3.05) is 6.54 Å². The third-order valence-electron chi connectivity index (χ3n) is 2.52. The van der Waals surface area contributed by atoms with Crippen molar-refractivity contribution in [2.24, 2.45) is 0 Å². The molecule has 0 unspecified atom stereocenters. The van der Waals surface area contributed by atoms with E-state index < -0.39 is 0 Å². The van der Waals surface area contributed by atoms with Crippen LogP contribution in [0, 0.1) is 6.92 Å². The summed E-state index contributed by atoms with van der Waals surface area (Å²) < 4.78 is 5.65. The maximum atomic E-state index is 5.99. The second-order valence-corrected chi connectivity index (χ2v) is 4.27. The van der Waals surface area contributed by atoms with E-state index in [2.05, 4.69) is 10.3 Å². The lowest BCUT2D eigenvalue weighted by atomic mass is 10.1. The summed E-state index contributed by atoms with van der Waals surface area (Å²) >= 11 is 5.99. The highest BCUT2D eigenvalue weighted by atomic mass is 35.5. The first-order chi connectivity index (χ1) is 8.20. The Morgan fingerprint density at radius 3 is 2.94 bits per heavy atom. The van der Waals surface area contributed by atoms with E-state index in [1.54, 1.807) is 6.20 Å². The van der Waals surface area contributed by atoms with Gasteiger partial charge in [0.1, 0.15) is 0 Å². The Morgan fingerprint density at radius 2 is 2.24 bits per heavy atom. The van der Waals surface area contributed by atoms with Gasteiger partial charge in [-0.25, -0.2) is 4.98 Å². The summed E-state index contributed by atoms with van der Waals surface area (Å²) in [6, 6.07) is 5.81. The van der Waals surface area contributed by atoms with E-state index in [0.717, 1.165) is 28.5 Å². The highest BCUT2D eigenvalue weighted by Gasteiger charge is 2.07. The largest absolute Gasteiger partial charge is 0.439 e. The van der Waals surface area contributed by atoms with E-state index in [1.165, 1.54) is 0 Å². The zero-order valence-electron chi connectivity index (χ0n) is 9.96. The monoisotopic (exact) mass is 250 g/mol. The molecule has 1 N–H and O–H groups in total. The zero-order valence-corrected chi connectivity index (χ0v) is 10.7. The molecule has 0 spiro atoms. The normalized spacial score (nSPS) is 10.8. The number of hydrogen-bond acceptors (Lipinski definition) is 3. The smallest absolute Gasteiger partial charge is 0.208 e. The maximum Gasteiger partial charge on any atom is 0.208 e. The molecule has 0 saturated heterocycles. The SMILES string of the molecule is CCNCc1ncc(-c2ccc(Cl)c(C)c2)o1. The number of halogens is 1. The Kier molecular flexibility index (Phi) is 3.82. The van der Waals surface area contributed by atoms with Gasteiger partial charge in [-0.05, 0) is 37.2 Å². The van der Waals surface area contributed by atoms with Crippen LogP contribution in [-0.2, 0) is 6.54 Å². The average molecular weight is 251 g/mol. The topological polar surface area (TPSA) is 38.1 Å². The summed E-state index contributed by atoms with van der Waals surface area (Å²) in [4.78, 5) is 4.22. The van der Waals surface area contributed by atoms with Gasteiger partial charge in [-0.1, -0.05) is 18.5 Å². The highest BCUT2D eigenvalue weighted by Crippen LogP contribution is 2.25. The van der Waals surface area contributed by atoms with Gasteiger partial charge >= 0.3 is 0 Å². The molecule has 0 bridgehead atoms. The molecule has 0 amide bonds. The van der Waals surface area contributed by atoms with Crippen molar-refractivity contribution in [1.82, 2.24) is 10.3 Å². The second-order valence-electron chi connectivity index (χ2n) is 3.86. The van der Waals surface area contributed by atoms with Crippen molar-refractivity contribution in [2.45, 2.75) is 20.4 Å². The van der Waals surface area contributed by atoms with Gasteiger partial charge in [0.2, 0.25) is 5.89 Å². The van der Waals surface area contributed by atoms with Crippen LogP contribution in [0.25, 0.3) is 11.3 Å². The van der Waals surface area contributed by atoms with E-state index in [-0.39, 0.29) is 0 Å². The first-order valence-corrected chi connectivity index (χ1v) is 6.00. The van der Waals surface area contributed by atoms with Crippen LogP contribution < -0.4 is 5.32 Å². The van der Waals surface area contributed by atoms with Crippen molar-refractivity contribution in [3.8, 4) is 11.3 Å². The quantitative estimate of drug-likeness (QED) is 0.904. The summed E-state index contributed by atoms with van der Waals surface area (Å²) in [5, 5.41) is 3.94. The second kappa shape index (κ2) is 5.34. The summed E-state index contributed by atoms with van der Waals surface area (Å²) in [5.41, 5.74) is 2.04. The van der Waals surface area contributed by atoms with Crippen LogP contribution in [0.2, 0.25) is 5.02 Å². The number of nitrogens with zero attached hydrogens (tertiary/aromatic N) is 1. The van der Waals surface area contributed by atoms with Crippen LogP contribution in [0.4, 0.5) is 0 Å². The number of rotatable bonds is 4. The molecule has 3 nitrogen and oxygen atoms in total. The van der Waals surface area contributed by atoms with Gasteiger partial charge in [-0.15, -0.1) is 0 Å². The molecule has 4 heteroatoms. The number of benzene rings is 1. The molecule has 1 aromatic heterocycles. The molecule has 1 aromatic carbocycles. The first kappa shape index (κ1) is 12.1. The van der Waals surface area contributed by atoms with E-state index in [0.29, 0.717) is 12.4 Å². The van der Waals surface area contributed by atoms with Gasteiger partial charge in [-0.2, -0.15) is 0 Å². The summed E-state index contributed by atoms with van der Waals surface area (Å²) in [5.74, 6) is 1.48. The van der Waals surface area contributed by atoms with Crippen LogP contribution in [0.1, 0.15) is 18.4 Å². The molecule has 90 valence electrons. The third-order valence-corrected chi connectivity index (χ3v) is 2.95. The Morgan fingerprint density at radius 1 is 1.41 bits per heavy atom. The lowest BCUT2D eigenvalue weighted by Gasteiger charge is -2.00. The van der Waals surface area contributed by atoms with Gasteiger partial charge in [0, 0.05) is 10.6 Å². The lowest BCUT2D eigenvalue weighted by Crippen LogP contribution is -2.11. The van der Waals surface area contributed by atoms with Crippen LogP contribution in [0.3, 0.4) is 0 Å². The molecule has 2 aromatic rings. The summed E-state index contributed by atoms with van der Waals surface area (Å²) in [6.07, 6.45) is 1.75. The number of hydrogen-bond donors (Lipinski definition) is 1. The fourth-order valence-corrected chi connectivity index (χ4v) is 1.67. The minimum atomic E-state index is 0.656. The van der Waals surface area contributed by atoms with Gasteiger partial charge in [0.15, 0.2) is 5.76 Å². The average Bonchev–Trinajstić information content (AvgIpc) is 2.79. The first-order valence-electron chi connectivity index (χ1n) is 5.62.